The number of halogens is 1. The summed E-state index contributed by atoms with van der Waals surface area (Å²) in [5, 5.41) is 2.92. The van der Waals surface area contributed by atoms with Gasteiger partial charge in [0.2, 0.25) is 0 Å². The lowest BCUT2D eigenvalue weighted by atomic mass is 10.1. The van der Waals surface area contributed by atoms with Gasteiger partial charge in [-0.05, 0) is 79.9 Å². The van der Waals surface area contributed by atoms with Gasteiger partial charge in [0.25, 0.3) is 15.9 Å². The second-order valence-corrected chi connectivity index (χ2v) is 11.9. The zero-order valence-electron chi connectivity index (χ0n) is 20.7. The normalized spacial score (nSPS) is 11.2. The molecule has 0 saturated heterocycles. The Balaban J connectivity index is 1.49. The molecule has 190 valence electrons. The molecule has 0 spiro atoms. The van der Waals surface area contributed by atoms with Crippen LogP contribution in [0.4, 0.5) is 11.4 Å². The lowest BCUT2D eigenvalue weighted by Crippen LogP contribution is -2.17. The van der Waals surface area contributed by atoms with E-state index < -0.39 is 15.9 Å². The minimum Gasteiger partial charge on any atom is -0.322 e. The number of carbonyl (C=O) groups is 1. The van der Waals surface area contributed by atoms with E-state index in [9.17, 15) is 13.2 Å². The van der Waals surface area contributed by atoms with E-state index in [0.717, 1.165) is 28.0 Å². The number of hydrogen-bond acceptors (Lipinski definition) is 4. The lowest BCUT2D eigenvalue weighted by Gasteiger charge is -2.14. The summed E-state index contributed by atoms with van der Waals surface area (Å²) in [4.78, 5) is 14.1. The van der Waals surface area contributed by atoms with Gasteiger partial charge in [-0.15, -0.1) is 11.8 Å². The Kier molecular flexibility index (Phi) is 8.27. The van der Waals surface area contributed by atoms with Gasteiger partial charge in [0.15, 0.2) is 0 Å². The molecule has 0 aliphatic carbocycles. The maximum atomic E-state index is 13.1. The summed E-state index contributed by atoms with van der Waals surface area (Å²) in [5.41, 5.74) is 5.17. The molecule has 4 rings (SSSR count). The Morgan fingerprint density at radius 3 is 2.24 bits per heavy atom. The fraction of sp³-hybridized carbons (Fsp3) is 0.138. The van der Waals surface area contributed by atoms with Crippen molar-refractivity contribution >= 4 is 50.7 Å². The maximum Gasteiger partial charge on any atom is 0.263 e. The fourth-order valence-electron chi connectivity index (χ4n) is 3.81. The van der Waals surface area contributed by atoms with E-state index in [0.29, 0.717) is 11.4 Å². The molecular weight excluding hydrogens is 524 g/mol. The van der Waals surface area contributed by atoms with E-state index >= 15 is 0 Å². The summed E-state index contributed by atoms with van der Waals surface area (Å²) < 4.78 is 28.8. The minimum absolute atomic E-state index is 0.0327. The van der Waals surface area contributed by atoms with Gasteiger partial charge < -0.3 is 5.32 Å². The Labute approximate surface area is 227 Å². The van der Waals surface area contributed by atoms with Crippen LogP contribution in [0.25, 0.3) is 0 Å². The molecule has 2 N–H and O–H groups in total. The first-order valence-electron chi connectivity index (χ1n) is 11.6. The van der Waals surface area contributed by atoms with Gasteiger partial charge in [0, 0.05) is 21.9 Å². The van der Waals surface area contributed by atoms with Crippen molar-refractivity contribution in [3.63, 3.8) is 0 Å². The third kappa shape index (κ3) is 6.74. The lowest BCUT2D eigenvalue weighted by molar-refractivity contribution is 0.102. The highest BCUT2D eigenvalue weighted by atomic mass is 35.5. The monoisotopic (exact) mass is 550 g/mol. The fourth-order valence-corrected chi connectivity index (χ4v) is 6.33. The van der Waals surface area contributed by atoms with Gasteiger partial charge in [-0.3, -0.25) is 9.52 Å². The number of hydrogen-bond donors (Lipinski definition) is 2. The molecule has 0 radical (unpaired) electrons. The maximum absolute atomic E-state index is 13.1. The van der Waals surface area contributed by atoms with Gasteiger partial charge in [-0.25, -0.2) is 8.42 Å². The van der Waals surface area contributed by atoms with Gasteiger partial charge in [-0.1, -0.05) is 59.6 Å². The molecule has 0 aliphatic heterocycles. The van der Waals surface area contributed by atoms with E-state index in [1.54, 1.807) is 17.8 Å². The highest BCUT2D eigenvalue weighted by Gasteiger charge is 2.21. The van der Waals surface area contributed by atoms with Crippen LogP contribution in [0.1, 0.15) is 32.6 Å². The molecule has 4 aromatic rings. The smallest absolute Gasteiger partial charge is 0.263 e. The first-order valence-corrected chi connectivity index (χ1v) is 14.5. The van der Waals surface area contributed by atoms with Crippen LogP contribution in [0, 0.1) is 20.8 Å². The van der Waals surface area contributed by atoms with E-state index in [4.69, 9.17) is 11.6 Å². The molecule has 4 aromatic carbocycles. The molecule has 0 heterocycles. The van der Waals surface area contributed by atoms with Crippen LogP contribution in [0.5, 0.6) is 0 Å². The average Bonchev–Trinajstić information content (AvgIpc) is 2.86. The molecule has 0 atom stereocenters. The first-order chi connectivity index (χ1) is 17.6. The highest BCUT2D eigenvalue weighted by Crippen LogP contribution is 2.28. The molecule has 0 fully saturated rings. The second-order valence-electron chi connectivity index (χ2n) is 8.77. The Hall–Kier alpha value is -3.26. The summed E-state index contributed by atoms with van der Waals surface area (Å²) >= 11 is 7.98. The van der Waals surface area contributed by atoms with Crippen LogP contribution in [-0.2, 0) is 15.8 Å². The summed E-state index contributed by atoms with van der Waals surface area (Å²) in [6.07, 6.45) is 0. The zero-order chi connectivity index (χ0) is 26.6. The average molecular weight is 551 g/mol. The van der Waals surface area contributed by atoms with Crippen molar-refractivity contribution in [1.29, 1.82) is 0 Å². The van der Waals surface area contributed by atoms with Crippen molar-refractivity contribution in [2.24, 2.45) is 0 Å². The highest BCUT2D eigenvalue weighted by molar-refractivity contribution is 7.98. The summed E-state index contributed by atoms with van der Waals surface area (Å²) in [7, 11) is -4.02. The minimum atomic E-state index is -4.02. The zero-order valence-corrected chi connectivity index (χ0v) is 23.1. The Morgan fingerprint density at radius 1 is 0.838 bits per heavy atom. The Morgan fingerprint density at radius 2 is 1.54 bits per heavy atom. The van der Waals surface area contributed by atoms with Crippen LogP contribution < -0.4 is 10.0 Å². The van der Waals surface area contributed by atoms with Crippen molar-refractivity contribution in [2.45, 2.75) is 36.3 Å². The van der Waals surface area contributed by atoms with Crippen LogP contribution in [0.3, 0.4) is 0 Å². The van der Waals surface area contributed by atoms with Crippen LogP contribution in [0.15, 0.2) is 94.7 Å². The number of amides is 1. The largest absolute Gasteiger partial charge is 0.322 e. The van der Waals surface area contributed by atoms with E-state index in [-0.39, 0.29) is 15.5 Å². The SMILES string of the molecule is Cc1ccc(NS(=O)(=O)c2cc(C(=O)Nc3ccc(CSc4ccccc4)cc3C)ccc2Cl)c(C)c1. The van der Waals surface area contributed by atoms with E-state index in [1.165, 1.54) is 23.1 Å². The van der Waals surface area contributed by atoms with Gasteiger partial charge in [0.1, 0.15) is 4.90 Å². The van der Waals surface area contributed by atoms with Crippen molar-refractivity contribution in [1.82, 2.24) is 0 Å². The molecule has 0 unspecified atom stereocenters. The predicted molar refractivity (Wildman–Crippen MR) is 153 cm³/mol. The van der Waals surface area contributed by atoms with Crippen molar-refractivity contribution in [3.05, 3.63) is 118 Å². The Bertz CT molecular complexity index is 1560. The molecule has 0 bridgehead atoms. The first kappa shape index (κ1) is 26.8. The van der Waals surface area contributed by atoms with E-state index in [1.807, 2.05) is 69.3 Å². The number of nitrogens with one attached hydrogen (secondary N) is 2. The molecule has 0 aromatic heterocycles. The summed E-state index contributed by atoms with van der Waals surface area (Å²) in [5.74, 6) is 0.388. The summed E-state index contributed by atoms with van der Waals surface area (Å²) in [6, 6.07) is 25.7. The van der Waals surface area contributed by atoms with Crippen LogP contribution in [0.2, 0.25) is 5.02 Å². The molecule has 0 saturated carbocycles. The number of rotatable bonds is 8. The van der Waals surface area contributed by atoms with Gasteiger partial charge in [-0.2, -0.15) is 0 Å². The molecule has 37 heavy (non-hydrogen) atoms. The number of carbonyl (C=O) groups excluding carboxylic acids is 1. The number of anilines is 2. The van der Waals surface area contributed by atoms with Crippen molar-refractivity contribution < 1.29 is 13.2 Å². The van der Waals surface area contributed by atoms with E-state index in [2.05, 4.69) is 22.2 Å². The van der Waals surface area contributed by atoms with Crippen molar-refractivity contribution in [3.8, 4) is 0 Å². The van der Waals surface area contributed by atoms with Crippen molar-refractivity contribution in [2.75, 3.05) is 10.0 Å². The predicted octanol–water partition coefficient (Wildman–Crippen LogP) is 7.61. The second kappa shape index (κ2) is 11.4. The third-order valence-corrected chi connectivity index (χ3v) is 8.73. The molecule has 8 heteroatoms. The quantitative estimate of drug-likeness (QED) is 0.221. The van der Waals surface area contributed by atoms with Gasteiger partial charge >= 0.3 is 0 Å². The molecular formula is C29H27ClN2O3S2. The number of benzene rings is 4. The summed E-state index contributed by atoms with van der Waals surface area (Å²) in [6.45, 7) is 5.69. The number of thioether (sulfide) groups is 1. The standard InChI is InChI=1S/C29H27ClN2O3S2/c1-19-9-13-27(20(2)15-19)32-37(34,35)28-17-23(11-12-25(28)30)29(33)31-26-14-10-22(16-21(26)3)18-36-24-7-5-4-6-8-24/h4-17,32H,18H2,1-3H3,(H,31,33). The number of aryl methyl sites for hydroxylation is 3. The van der Waals surface area contributed by atoms with Crippen LogP contribution >= 0.6 is 23.4 Å². The number of sulfonamides is 1. The molecule has 1 amide bonds. The van der Waals surface area contributed by atoms with Crippen LogP contribution in [-0.4, -0.2) is 14.3 Å². The molecule has 5 nitrogen and oxygen atoms in total. The molecule has 0 aliphatic rings. The third-order valence-electron chi connectivity index (χ3n) is 5.80. The van der Waals surface area contributed by atoms with Gasteiger partial charge in [0.05, 0.1) is 10.7 Å². The topological polar surface area (TPSA) is 75.3 Å².